The van der Waals surface area contributed by atoms with Crippen LogP contribution in [0.2, 0.25) is 0 Å². The number of aliphatic hydroxyl groups is 1. The van der Waals surface area contributed by atoms with E-state index in [1.54, 1.807) is 18.1 Å². The number of rotatable bonds is 12. The molecule has 0 radical (unpaired) electrons. The summed E-state index contributed by atoms with van der Waals surface area (Å²) in [6, 6.07) is 17.7. The van der Waals surface area contributed by atoms with Gasteiger partial charge in [-0.3, -0.25) is 0 Å². The Morgan fingerprint density at radius 2 is 1.70 bits per heavy atom. The second-order valence-electron chi connectivity index (χ2n) is 13.6. The van der Waals surface area contributed by atoms with E-state index in [0.717, 1.165) is 61.3 Å². The topological polar surface area (TPSA) is 85.0 Å². The summed E-state index contributed by atoms with van der Waals surface area (Å²) in [5, 5.41) is 12.1. The number of amides is 1. The molecule has 3 aromatic rings. The van der Waals surface area contributed by atoms with Crippen LogP contribution >= 0.6 is 0 Å². The Hall–Kier alpha value is -3.07. The fourth-order valence-electron chi connectivity index (χ4n) is 5.86. The normalized spacial score (nSPS) is 15.6. The quantitative estimate of drug-likeness (QED) is 0.242. The highest BCUT2D eigenvalue weighted by atomic mass is 35.5. The SMILES string of the molecule is CN(Cc1ccc(OCCC[N+](C)(C)Cc2cnc([C@](O)(c3ccccc3)C3CCCCC3)o2)cc1)C(=O)OC(C)(C)C.[Cl-]. The van der Waals surface area contributed by atoms with E-state index in [4.69, 9.17) is 13.9 Å². The highest BCUT2D eigenvalue weighted by Crippen LogP contribution is 2.43. The molecule has 1 aromatic heterocycles. The van der Waals surface area contributed by atoms with E-state index < -0.39 is 11.2 Å². The van der Waals surface area contributed by atoms with Gasteiger partial charge in [0.1, 0.15) is 17.9 Å². The Balaban J connectivity index is 0.00000529. The lowest BCUT2D eigenvalue weighted by molar-refractivity contribution is -0.904. The highest BCUT2D eigenvalue weighted by Gasteiger charge is 2.44. The second kappa shape index (κ2) is 15.3. The van der Waals surface area contributed by atoms with Gasteiger partial charge in [0.2, 0.25) is 5.89 Å². The molecule has 1 heterocycles. The van der Waals surface area contributed by atoms with Crippen LogP contribution in [0.3, 0.4) is 0 Å². The molecule has 2 aromatic carbocycles. The first-order chi connectivity index (χ1) is 20.4. The zero-order chi connectivity index (χ0) is 31.1. The molecule has 242 valence electrons. The van der Waals surface area contributed by atoms with Crippen LogP contribution in [0.1, 0.15) is 82.1 Å². The van der Waals surface area contributed by atoms with Crippen LogP contribution in [-0.4, -0.2) is 65.5 Å². The maximum atomic E-state index is 12.2. The molecule has 44 heavy (non-hydrogen) atoms. The van der Waals surface area contributed by atoms with E-state index in [1.165, 1.54) is 6.42 Å². The molecule has 0 spiro atoms. The van der Waals surface area contributed by atoms with E-state index in [-0.39, 0.29) is 24.4 Å². The van der Waals surface area contributed by atoms with Crippen molar-refractivity contribution in [2.75, 3.05) is 34.3 Å². The van der Waals surface area contributed by atoms with Crippen LogP contribution in [-0.2, 0) is 23.4 Å². The zero-order valence-corrected chi connectivity index (χ0v) is 28.0. The molecule has 1 aliphatic rings. The van der Waals surface area contributed by atoms with Crippen molar-refractivity contribution in [3.63, 3.8) is 0 Å². The number of benzene rings is 2. The number of aromatic nitrogens is 1. The van der Waals surface area contributed by atoms with Crippen molar-refractivity contribution in [1.29, 1.82) is 0 Å². The van der Waals surface area contributed by atoms with Crippen LogP contribution < -0.4 is 17.1 Å². The minimum atomic E-state index is -1.22. The molecule has 0 saturated heterocycles. The molecule has 0 bridgehead atoms. The Morgan fingerprint density at radius 3 is 2.34 bits per heavy atom. The van der Waals surface area contributed by atoms with Crippen molar-refractivity contribution >= 4 is 6.09 Å². The molecule has 1 saturated carbocycles. The van der Waals surface area contributed by atoms with Gasteiger partial charge in [-0.1, -0.05) is 61.7 Å². The van der Waals surface area contributed by atoms with Gasteiger partial charge >= 0.3 is 6.09 Å². The largest absolute Gasteiger partial charge is 1.00 e. The molecule has 0 aliphatic heterocycles. The summed E-state index contributed by atoms with van der Waals surface area (Å²) in [7, 11) is 6.07. The molecule has 1 N–H and O–H groups in total. The average molecular weight is 628 g/mol. The fourth-order valence-corrected chi connectivity index (χ4v) is 5.86. The molecule has 0 unspecified atom stereocenters. The number of carbonyl (C=O) groups excluding carboxylic acids is 1. The maximum Gasteiger partial charge on any atom is 0.410 e. The molecular weight excluding hydrogens is 578 g/mol. The van der Waals surface area contributed by atoms with Crippen molar-refractivity contribution in [3.8, 4) is 5.75 Å². The molecular formula is C35H50ClN3O5. The molecule has 1 aliphatic carbocycles. The number of quaternary nitrogens is 1. The Morgan fingerprint density at radius 1 is 1.05 bits per heavy atom. The molecule has 8 nitrogen and oxygen atoms in total. The van der Waals surface area contributed by atoms with Gasteiger partial charge < -0.3 is 40.8 Å². The molecule has 1 fully saturated rings. The van der Waals surface area contributed by atoms with Gasteiger partial charge in [-0.15, -0.1) is 0 Å². The minimum absolute atomic E-state index is 0. The fraction of sp³-hybridized carbons (Fsp3) is 0.543. The monoisotopic (exact) mass is 627 g/mol. The Bertz CT molecular complexity index is 1300. The van der Waals surface area contributed by atoms with Crippen LogP contribution in [0.15, 0.2) is 65.2 Å². The lowest BCUT2D eigenvalue weighted by Gasteiger charge is -2.36. The number of hydrogen-bond acceptors (Lipinski definition) is 6. The second-order valence-corrected chi connectivity index (χ2v) is 13.6. The lowest BCUT2D eigenvalue weighted by Crippen LogP contribution is -3.00. The van der Waals surface area contributed by atoms with Gasteiger partial charge in [-0.25, -0.2) is 9.78 Å². The van der Waals surface area contributed by atoms with Gasteiger partial charge in [0.05, 0.1) is 33.4 Å². The Kier molecular flexibility index (Phi) is 12.3. The summed E-state index contributed by atoms with van der Waals surface area (Å²) in [5.41, 5.74) is 0.124. The van der Waals surface area contributed by atoms with Crippen LogP contribution in [0.4, 0.5) is 4.79 Å². The highest BCUT2D eigenvalue weighted by molar-refractivity contribution is 5.67. The third-order valence-electron chi connectivity index (χ3n) is 8.10. The Labute approximate surface area is 269 Å². The predicted molar refractivity (Wildman–Crippen MR) is 167 cm³/mol. The van der Waals surface area contributed by atoms with E-state index in [0.29, 0.717) is 30.1 Å². The third kappa shape index (κ3) is 9.71. The average Bonchev–Trinajstić information content (AvgIpc) is 3.44. The van der Waals surface area contributed by atoms with Crippen LogP contribution in [0.25, 0.3) is 0 Å². The summed E-state index contributed by atoms with van der Waals surface area (Å²) >= 11 is 0. The zero-order valence-electron chi connectivity index (χ0n) is 27.2. The van der Waals surface area contributed by atoms with Gasteiger partial charge in [0.25, 0.3) is 0 Å². The first-order valence-corrected chi connectivity index (χ1v) is 15.6. The molecule has 1 atom stereocenters. The van der Waals surface area contributed by atoms with E-state index in [1.807, 2.05) is 75.4 Å². The van der Waals surface area contributed by atoms with Crippen molar-refractivity contribution in [1.82, 2.24) is 9.88 Å². The summed E-state index contributed by atoms with van der Waals surface area (Å²) in [6.07, 6.45) is 7.70. The minimum Gasteiger partial charge on any atom is -1.00 e. The van der Waals surface area contributed by atoms with Crippen molar-refractivity contribution in [2.45, 2.75) is 83.6 Å². The number of ether oxygens (including phenoxy) is 2. The summed E-state index contributed by atoms with van der Waals surface area (Å²) < 4.78 is 18.4. The van der Waals surface area contributed by atoms with Gasteiger partial charge in [-0.05, 0) is 56.9 Å². The molecule has 9 heteroatoms. The predicted octanol–water partition coefficient (Wildman–Crippen LogP) is 3.91. The first-order valence-electron chi connectivity index (χ1n) is 15.6. The van der Waals surface area contributed by atoms with Gasteiger partial charge in [-0.2, -0.15) is 0 Å². The van der Waals surface area contributed by atoms with Crippen molar-refractivity contribution in [2.24, 2.45) is 5.92 Å². The number of carbonyl (C=O) groups is 1. The number of hydrogen-bond donors (Lipinski definition) is 1. The maximum absolute atomic E-state index is 12.2. The van der Waals surface area contributed by atoms with Crippen LogP contribution in [0, 0.1) is 5.92 Å². The number of nitrogens with zero attached hydrogens (tertiary/aromatic N) is 3. The van der Waals surface area contributed by atoms with Gasteiger partial charge in [0.15, 0.2) is 11.4 Å². The summed E-state index contributed by atoms with van der Waals surface area (Å²) in [4.78, 5) is 18.4. The molecule has 1 amide bonds. The number of halogens is 1. The first kappa shape index (κ1) is 35.4. The third-order valence-corrected chi connectivity index (χ3v) is 8.10. The van der Waals surface area contributed by atoms with E-state index in [2.05, 4.69) is 19.1 Å². The smallest absolute Gasteiger partial charge is 0.410 e. The van der Waals surface area contributed by atoms with Crippen molar-refractivity contribution in [3.05, 3.63) is 83.6 Å². The number of oxazole rings is 1. The van der Waals surface area contributed by atoms with E-state index >= 15 is 0 Å². The standard InChI is InChI=1S/C35H50N3O5.ClH/c1-34(2,3)43-33(39)37(4)25-27-18-20-30(21-19-27)41-23-13-22-38(5,6)26-31-24-36-32(42-31)35(40,28-14-9-7-10-15-28)29-16-11-8-12-17-29;/h7,9-10,14-15,18-21,24,29,40H,8,11-13,16-17,22-23,25-26H2,1-6H3;1H/q+1;/p-1/t35-;/m0./s1. The lowest BCUT2D eigenvalue weighted by atomic mass is 9.73. The van der Waals surface area contributed by atoms with E-state index in [9.17, 15) is 9.90 Å². The van der Waals surface area contributed by atoms with Gasteiger partial charge in [0, 0.05) is 25.9 Å². The molecule has 4 rings (SSSR count). The summed E-state index contributed by atoms with van der Waals surface area (Å²) in [6.45, 7) is 8.20. The summed E-state index contributed by atoms with van der Waals surface area (Å²) in [5.74, 6) is 2.08. The van der Waals surface area contributed by atoms with Crippen LogP contribution in [0.5, 0.6) is 5.75 Å². The van der Waals surface area contributed by atoms with Crippen molar-refractivity contribution < 1.29 is 40.7 Å².